The van der Waals surface area contributed by atoms with Gasteiger partial charge in [0, 0.05) is 13.1 Å². The summed E-state index contributed by atoms with van der Waals surface area (Å²) in [5.74, 6) is -0.838. The van der Waals surface area contributed by atoms with Crippen LogP contribution in [-0.2, 0) is 4.79 Å². The summed E-state index contributed by atoms with van der Waals surface area (Å²) in [5.41, 5.74) is 2.04. The minimum Gasteiger partial charge on any atom is -0.481 e. The first-order valence-corrected chi connectivity index (χ1v) is 6.23. The van der Waals surface area contributed by atoms with Gasteiger partial charge < -0.3 is 14.7 Å². The molecule has 1 fully saturated rings. The first-order valence-electron chi connectivity index (χ1n) is 6.23. The zero-order chi connectivity index (χ0) is 14.0. The lowest BCUT2D eigenvalue weighted by molar-refractivity contribution is -0.141. The molecule has 0 aromatic heterocycles. The summed E-state index contributed by atoms with van der Waals surface area (Å²) < 4.78 is 5.28. The summed E-state index contributed by atoms with van der Waals surface area (Å²) in [4.78, 5) is 24.2. The molecule has 2 rings (SSSR count). The van der Waals surface area contributed by atoms with Gasteiger partial charge in [-0.05, 0) is 43.5 Å². The van der Waals surface area contributed by atoms with E-state index in [0.717, 1.165) is 11.1 Å². The van der Waals surface area contributed by atoms with Crippen LogP contribution >= 0.6 is 0 Å². The molecule has 1 N–H and O–H groups in total. The van der Waals surface area contributed by atoms with Crippen molar-refractivity contribution in [1.29, 1.82) is 0 Å². The number of hydrogen-bond acceptors (Lipinski definition) is 3. The largest absolute Gasteiger partial charge is 0.481 e. The molecule has 1 aliphatic heterocycles. The SMILES string of the molecule is Cc1cc(C)cc(OC(=O)N2CCC(C(=O)O)C2)c1. The summed E-state index contributed by atoms with van der Waals surface area (Å²) in [5, 5.41) is 8.90. The van der Waals surface area contributed by atoms with Crippen LogP contribution in [-0.4, -0.2) is 35.2 Å². The first kappa shape index (κ1) is 13.4. The van der Waals surface area contributed by atoms with Gasteiger partial charge in [-0.15, -0.1) is 0 Å². The lowest BCUT2D eigenvalue weighted by Crippen LogP contribution is -2.32. The summed E-state index contributed by atoms with van der Waals surface area (Å²) in [7, 11) is 0. The van der Waals surface area contributed by atoms with E-state index in [1.54, 1.807) is 12.1 Å². The number of hydrogen-bond donors (Lipinski definition) is 1. The molecule has 5 heteroatoms. The normalized spacial score (nSPS) is 18.4. The van der Waals surface area contributed by atoms with Crippen molar-refractivity contribution in [3.8, 4) is 5.75 Å². The second-order valence-electron chi connectivity index (χ2n) is 4.96. The number of aliphatic carboxylic acids is 1. The summed E-state index contributed by atoms with van der Waals surface area (Å²) in [6, 6.07) is 5.57. The predicted molar refractivity (Wildman–Crippen MR) is 69.3 cm³/mol. The van der Waals surface area contributed by atoms with E-state index in [1.165, 1.54) is 4.90 Å². The molecule has 1 heterocycles. The van der Waals surface area contributed by atoms with Gasteiger partial charge in [-0.1, -0.05) is 6.07 Å². The Morgan fingerprint density at radius 1 is 1.26 bits per heavy atom. The summed E-state index contributed by atoms with van der Waals surface area (Å²) in [6.45, 7) is 4.51. The molecule has 0 radical (unpaired) electrons. The lowest BCUT2D eigenvalue weighted by Gasteiger charge is -2.15. The molecule has 0 saturated carbocycles. The predicted octanol–water partition coefficient (Wildman–Crippen LogP) is 2.21. The van der Waals surface area contributed by atoms with Crippen LogP contribution in [0.5, 0.6) is 5.75 Å². The van der Waals surface area contributed by atoms with Gasteiger partial charge in [0.25, 0.3) is 0 Å². The topological polar surface area (TPSA) is 66.8 Å². The van der Waals surface area contributed by atoms with Crippen LogP contribution in [0.4, 0.5) is 4.79 Å². The number of carboxylic acid groups (broad SMARTS) is 1. The van der Waals surface area contributed by atoms with E-state index >= 15 is 0 Å². The summed E-state index contributed by atoms with van der Waals surface area (Å²) >= 11 is 0. The third kappa shape index (κ3) is 3.24. The van der Waals surface area contributed by atoms with E-state index < -0.39 is 18.0 Å². The Morgan fingerprint density at radius 2 is 1.89 bits per heavy atom. The van der Waals surface area contributed by atoms with Crippen molar-refractivity contribution in [2.24, 2.45) is 5.92 Å². The molecule has 1 unspecified atom stereocenters. The smallest absolute Gasteiger partial charge is 0.415 e. The van der Waals surface area contributed by atoms with Crippen molar-refractivity contribution >= 4 is 12.1 Å². The highest BCUT2D eigenvalue weighted by Gasteiger charge is 2.31. The molecular weight excluding hydrogens is 246 g/mol. The average molecular weight is 263 g/mol. The van der Waals surface area contributed by atoms with Crippen LogP contribution in [0.25, 0.3) is 0 Å². The molecule has 1 aromatic carbocycles. The monoisotopic (exact) mass is 263 g/mol. The van der Waals surface area contributed by atoms with Gasteiger partial charge in [0.05, 0.1) is 5.92 Å². The van der Waals surface area contributed by atoms with Crippen molar-refractivity contribution in [2.75, 3.05) is 13.1 Å². The highest BCUT2D eigenvalue weighted by molar-refractivity contribution is 5.75. The Morgan fingerprint density at radius 3 is 2.42 bits per heavy atom. The third-order valence-electron chi connectivity index (χ3n) is 3.20. The minimum absolute atomic E-state index is 0.221. The number of nitrogens with zero attached hydrogens (tertiary/aromatic N) is 1. The minimum atomic E-state index is -0.860. The molecule has 1 aromatic rings. The molecule has 1 amide bonds. The van der Waals surface area contributed by atoms with Crippen LogP contribution in [0.2, 0.25) is 0 Å². The maximum Gasteiger partial charge on any atom is 0.415 e. The van der Waals surface area contributed by atoms with Crippen molar-refractivity contribution in [2.45, 2.75) is 20.3 Å². The van der Waals surface area contributed by atoms with Crippen molar-refractivity contribution in [3.05, 3.63) is 29.3 Å². The molecule has 0 aliphatic carbocycles. The number of carboxylic acids is 1. The van der Waals surface area contributed by atoms with Crippen LogP contribution < -0.4 is 4.74 Å². The lowest BCUT2D eigenvalue weighted by atomic mass is 10.1. The van der Waals surface area contributed by atoms with Crippen molar-refractivity contribution in [1.82, 2.24) is 4.90 Å². The number of likely N-dealkylation sites (tertiary alicyclic amines) is 1. The number of rotatable bonds is 2. The fourth-order valence-corrected chi connectivity index (χ4v) is 2.28. The number of carbonyl (C=O) groups excluding carboxylic acids is 1. The van der Waals surface area contributed by atoms with Gasteiger partial charge in [0.15, 0.2) is 0 Å². The molecule has 1 saturated heterocycles. The van der Waals surface area contributed by atoms with E-state index in [4.69, 9.17) is 9.84 Å². The Kier molecular flexibility index (Phi) is 3.74. The average Bonchev–Trinajstić information content (AvgIpc) is 2.76. The fourth-order valence-electron chi connectivity index (χ4n) is 2.28. The summed E-state index contributed by atoms with van der Waals surface area (Å²) in [6.07, 6.45) is 0.00540. The number of ether oxygens (including phenoxy) is 1. The number of amides is 1. The van der Waals surface area contributed by atoms with Gasteiger partial charge in [-0.25, -0.2) is 4.79 Å². The van der Waals surface area contributed by atoms with Crippen LogP contribution in [0.1, 0.15) is 17.5 Å². The van der Waals surface area contributed by atoms with E-state index in [9.17, 15) is 9.59 Å². The molecule has 19 heavy (non-hydrogen) atoms. The van der Waals surface area contributed by atoms with Gasteiger partial charge in [-0.2, -0.15) is 0 Å². The van der Waals surface area contributed by atoms with E-state index in [1.807, 2.05) is 19.9 Å². The van der Waals surface area contributed by atoms with Crippen LogP contribution in [0.3, 0.4) is 0 Å². The van der Waals surface area contributed by atoms with Crippen molar-refractivity contribution in [3.63, 3.8) is 0 Å². The molecular formula is C14H17NO4. The molecule has 102 valence electrons. The Bertz CT molecular complexity index is 492. The Labute approximate surface area is 111 Å². The zero-order valence-electron chi connectivity index (χ0n) is 11.0. The second kappa shape index (κ2) is 5.30. The third-order valence-corrected chi connectivity index (χ3v) is 3.20. The van der Waals surface area contributed by atoms with E-state index in [0.29, 0.717) is 18.7 Å². The number of aryl methyl sites for hydroxylation is 2. The van der Waals surface area contributed by atoms with Gasteiger partial charge >= 0.3 is 12.1 Å². The van der Waals surface area contributed by atoms with Crippen LogP contribution in [0.15, 0.2) is 18.2 Å². The standard InChI is InChI=1S/C14H17NO4/c1-9-5-10(2)7-12(6-9)19-14(18)15-4-3-11(8-15)13(16)17/h5-7,11H,3-4,8H2,1-2H3,(H,16,17). The Hall–Kier alpha value is -2.04. The van der Waals surface area contributed by atoms with E-state index in [2.05, 4.69) is 0 Å². The highest BCUT2D eigenvalue weighted by Crippen LogP contribution is 2.20. The van der Waals surface area contributed by atoms with Crippen molar-refractivity contribution < 1.29 is 19.4 Å². The molecule has 0 spiro atoms. The molecule has 1 atom stereocenters. The molecule has 5 nitrogen and oxygen atoms in total. The highest BCUT2D eigenvalue weighted by atomic mass is 16.6. The van der Waals surface area contributed by atoms with Gasteiger partial charge in [-0.3, -0.25) is 4.79 Å². The maximum atomic E-state index is 11.9. The fraction of sp³-hybridized carbons (Fsp3) is 0.429. The maximum absolute atomic E-state index is 11.9. The Balaban J connectivity index is 2.00. The second-order valence-corrected chi connectivity index (χ2v) is 4.96. The van der Waals surface area contributed by atoms with Gasteiger partial charge in [0.2, 0.25) is 0 Å². The van der Waals surface area contributed by atoms with Crippen LogP contribution in [0, 0.1) is 19.8 Å². The zero-order valence-corrected chi connectivity index (χ0v) is 11.0. The van der Waals surface area contributed by atoms with E-state index in [-0.39, 0.29) is 6.54 Å². The number of benzene rings is 1. The molecule has 1 aliphatic rings. The quantitative estimate of drug-likeness (QED) is 0.888. The number of carbonyl (C=O) groups is 2. The molecule has 0 bridgehead atoms. The first-order chi connectivity index (χ1) is 8.95. The van der Waals surface area contributed by atoms with Gasteiger partial charge in [0.1, 0.15) is 5.75 Å².